The summed E-state index contributed by atoms with van der Waals surface area (Å²) in [5.74, 6) is 1.04. The van der Waals surface area contributed by atoms with E-state index in [2.05, 4.69) is 29.2 Å². The molecule has 1 saturated carbocycles. The first-order chi connectivity index (χ1) is 8.88. The van der Waals surface area contributed by atoms with E-state index in [1.54, 1.807) is 0 Å². The van der Waals surface area contributed by atoms with Gasteiger partial charge in [0.25, 0.3) is 0 Å². The first-order valence-corrected chi connectivity index (χ1v) is 7.11. The van der Waals surface area contributed by atoms with Crippen LogP contribution in [0.2, 0.25) is 0 Å². The second-order valence-electron chi connectivity index (χ2n) is 5.38. The van der Waals surface area contributed by atoms with Crippen LogP contribution in [-0.4, -0.2) is 25.2 Å². The molecule has 2 N–H and O–H groups in total. The smallest absolute Gasteiger partial charge is 0.143 e. The van der Waals surface area contributed by atoms with Crippen LogP contribution in [0.25, 0.3) is 0 Å². The Kier molecular flexibility index (Phi) is 3.41. The molecule has 0 spiro atoms. The zero-order valence-electron chi connectivity index (χ0n) is 10.8. The molecule has 1 aliphatic carbocycles. The summed E-state index contributed by atoms with van der Waals surface area (Å²) in [5, 5.41) is 0. The molecule has 98 valence electrons. The fourth-order valence-electron chi connectivity index (χ4n) is 3.23. The molecule has 1 atom stereocenters. The molecule has 1 heterocycles. The third-order valence-corrected chi connectivity index (χ3v) is 4.12. The highest BCUT2D eigenvalue weighted by atomic mass is 16.5. The van der Waals surface area contributed by atoms with Crippen LogP contribution < -0.4 is 15.4 Å². The third-order valence-electron chi connectivity index (χ3n) is 4.12. The van der Waals surface area contributed by atoms with Crippen LogP contribution in [0.4, 0.5) is 5.69 Å². The summed E-state index contributed by atoms with van der Waals surface area (Å²) in [4.78, 5) is 2.56. The number of nitrogens with zero attached hydrogens (tertiary/aromatic N) is 1. The number of anilines is 1. The standard InChI is InChI=1S/C15H22N2O/c16-10-9-13-11-17(12-5-1-2-6-12)14-7-3-4-8-15(14)18-13/h3-4,7-8,12-13H,1-2,5-6,9-11,16H2. The molecule has 18 heavy (non-hydrogen) atoms. The van der Waals surface area contributed by atoms with Gasteiger partial charge in [-0.3, -0.25) is 0 Å². The molecule has 3 rings (SSSR count). The van der Waals surface area contributed by atoms with Gasteiger partial charge in [0.2, 0.25) is 0 Å². The second-order valence-corrected chi connectivity index (χ2v) is 5.38. The molecule has 0 aromatic heterocycles. The van der Waals surface area contributed by atoms with E-state index >= 15 is 0 Å². The predicted octanol–water partition coefficient (Wildman–Crippen LogP) is 2.55. The van der Waals surface area contributed by atoms with Crippen molar-refractivity contribution in [2.24, 2.45) is 5.73 Å². The Hall–Kier alpha value is -1.22. The SMILES string of the molecule is NCCC1CN(C2CCCC2)c2ccccc2O1. The summed E-state index contributed by atoms with van der Waals surface area (Å²) in [6, 6.07) is 9.13. The van der Waals surface area contributed by atoms with Gasteiger partial charge in [0, 0.05) is 6.04 Å². The lowest BCUT2D eigenvalue weighted by atomic mass is 10.1. The van der Waals surface area contributed by atoms with Gasteiger partial charge in [0.1, 0.15) is 11.9 Å². The van der Waals surface area contributed by atoms with E-state index in [9.17, 15) is 0 Å². The lowest BCUT2D eigenvalue weighted by Gasteiger charge is -2.40. The quantitative estimate of drug-likeness (QED) is 0.890. The molecule has 2 aliphatic rings. The van der Waals surface area contributed by atoms with Gasteiger partial charge >= 0.3 is 0 Å². The van der Waals surface area contributed by atoms with Crippen molar-refractivity contribution < 1.29 is 4.74 Å². The normalized spacial score (nSPS) is 23.8. The molecule has 1 unspecified atom stereocenters. The first kappa shape index (κ1) is 11.8. The number of benzene rings is 1. The predicted molar refractivity (Wildman–Crippen MR) is 74.1 cm³/mol. The van der Waals surface area contributed by atoms with Gasteiger partial charge in [0.15, 0.2) is 0 Å². The lowest BCUT2D eigenvalue weighted by Crippen LogP contribution is -2.45. The highest BCUT2D eigenvalue weighted by Gasteiger charge is 2.31. The minimum atomic E-state index is 0.255. The molecule has 1 fully saturated rings. The average Bonchev–Trinajstić information content (AvgIpc) is 2.92. The molecule has 1 aromatic carbocycles. The number of ether oxygens (including phenoxy) is 1. The van der Waals surface area contributed by atoms with Crippen molar-refractivity contribution in [3.05, 3.63) is 24.3 Å². The van der Waals surface area contributed by atoms with Crippen LogP contribution in [0.1, 0.15) is 32.1 Å². The lowest BCUT2D eigenvalue weighted by molar-refractivity contribution is 0.181. The number of nitrogens with two attached hydrogens (primary N) is 1. The van der Waals surface area contributed by atoms with Gasteiger partial charge in [-0.2, -0.15) is 0 Å². The number of hydrogen-bond donors (Lipinski definition) is 1. The van der Waals surface area contributed by atoms with Gasteiger partial charge in [0.05, 0.1) is 12.2 Å². The molecule has 3 nitrogen and oxygen atoms in total. The fraction of sp³-hybridized carbons (Fsp3) is 0.600. The zero-order valence-corrected chi connectivity index (χ0v) is 10.8. The Bertz CT molecular complexity index is 401. The van der Waals surface area contributed by atoms with Crippen LogP contribution in [-0.2, 0) is 0 Å². The van der Waals surface area contributed by atoms with E-state index in [-0.39, 0.29) is 6.10 Å². The van der Waals surface area contributed by atoms with E-state index in [0.29, 0.717) is 12.6 Å². The van der Waals surface area contributed by atoms with Gasteiger partial charge in [-0.25, -0.2) is 0 Å². The van der Waals surface area contributed by atoms with Crippen molar-refractivity contribution in [2.75, 3.05) is 18.0 Å². The number of hydrogen-bond acceptors (Lipinski definition) is 3. The number of para-hydroxylation sites is 2. The van der Waals surface area contributed by atoms with E-state index in [1.807, 2.05) is 0 Å². The maximum absolute atomic E-state index is 6.04. The monoisotopic (exact) mass is 246 g/mol. The van der Waals surface area contributed by atoms with Crippen molar-refractivity contribution in [3.63, 3.8) is 0 Å². The van der Waals surface area contributed by atoms with E-state index in [4.69, 9.17) is 10.5 Å². The molecule has 3 heteroatoms. The molecule has 0 saturated heterocycles. The van der Waals surface area contributed by atoms with Crippen molar-refractivity contribution in [2.45, 2.75) is 44.2 Å². The molecular formula is C15H22N2O. The van der Waals surface area contributed by atoms with Crippen LogP contribution in [0, 0.1) is 0 Å². The highest BCUT2D eigenvalue weighted by molar-refractivity contribution is 5.60. The maximum atomic E-state index is 6.04. The number of fused-ring (bicyclic) bond motifs is 1. The van der Waals surface area contributed by atoms with Crippen molar-refractivity contribution in [3.8, 4) is 5.75 Å². The van der Waals surface area contributed by atoms with E-state index in [0.717, 1.165) is 18.7 Å². The van der Waals surface area contributed by atoms with E-state index < -0.39 is 0 Å². The summed E-state index contributed by atoms with van der Waals surface area (Å²) in [6.07, 6.45) is 6.58. The van der Waals surface area contributed by atoms with Crippen molar-refractivity contribution in [1.82, 2.24) is 0 Å². The summed E-state index contributed by atoms with van der Waals surface area (Å²) in [5.41, 5.74) is 6.96. The molecule has 0 bridgehead atoms. The van der Waals surface area contributed by atoms with Gasteiger partial charge in [-0.15, -0.1) is 0 Å². The molecule has 0 radical (unpaired) electrons. The van der Waals surface area contributed by atoms with Crippen molar-refractivity contribution in [1.29, 1.82) is 0 Å². The summed E-state index contributed by atoms with van der Waals surface area (Å²) in [6.45, 7) is 1.70. The number of rotatable bonds is 3. The Balaban J connectivity index is 1.86. The largest absolute Gasteiger partial charge is 0.486 e. The second kappa shape index (κ2) is 5.19. The molecule has 1 aromatic rings. The molecule has 1 aliphatic heterocycles. The van der Waals surface area contributed by atoms with E-state index in [1.165, 1.54) is 31.4 Å². The first-order valence-electron chi connectivity index (χ1n) is 7.11. The average molecular weight is 246 g/mol. The Morgan fingerprint density at radius 1 is 1.22 bits per heavy atom. The molecule has 0 amide bonds. The summed E-state index contributed by atoms with van der Waals surface area (Å²) < 4.78 is 6.04. The summed E-state index contributed by atoms with van der Waals surface area (Å²) in [7, 11) is 0. The molecular weight excluding hydrogens is 224 g/mol. The van der Waals surface area contributed by atoms with Crippen LogP contribution in [0.3, 0.4) is 0 Å². The van der Waals surface area contributed by atoms with Gasteiger partial charge in [-0.05, 0) is 37.9 Å². The minimum Gasteiger partial charge on any atom is -0.486 e. The fourth-order valence-corrected chi connectivity index (χ4v) is 3.23. The third kappa shape index (κ3) is 2.19. The minimum absolute atomic E-state index is 0.255. The van der Waals surface area contributed by atoms with Gasteiger partial charge in [-0.1, -0.05) is 25.0 Å². The van der Waals surface area contributed by atoms with Gasteiger partial charge < -0.3 is 15.4 Å². The Labute approximate surface area is 109 Å². The summed E-state index contributed by atoms with van der Waals surface area (Å²) >= 11 is 0. The Morgan fingerprint density at radius 3 is 2.78 bits per heavy atom. The Morgan fingerprint density at radius 2 is 2.00 bits per heavy atom. The van der Waals surface area contributed by atoms with Crippen molar-refractivity contribution >= 4 is 5.69 Å². The zero-order chi connectivity index (χ0) is 12.4. The van der Waals surface area contributed by atoms with Crippen LogP contribution in [0.5, 0.6) is 5.75 Å². The van der Waals surface area contributed by atoms with Crippen LogP contribution >= 0.6 is 0 Å². The maximum Gasteiger partial charge on any atom is 0.143 e. The highest BCUT2D eigenvalue weighted by Crippen LogP contribution is 2.38. The topological polar surface area (TPSA) is 38.5 Å². The van der Waals surface area contributed by atoms with Crippen LogP contribution in [0.15, 0.2) is 24.3 Å².